The summed E-state index contributed by atoms with van der Waals surface area (Å²) in [5, 5.41) is 11.4. The zero-order valence-corrected chi connectivity index (χ0v) is 8.73. The molecule has 0 aliphatic carbocycles. The van der Waals surface area contributed by atoms with Crippen molar-refractivity contribution in [2.75, 3.05) is 13.1 Å². The Hall–Kier alpha value is -2.12. The Balaban J connectivity index is 3.87. The molecule has 8 heteroatoms. The van der Waals surface area contributed by atoms with Crippen molar-refractivity contribution in [2.45, 2.75) is 13.3 Å². The van der Waals surface area contributed by atoms with E-state index in [0.29, 0.717) is 5.01 Å². The van der Waals surface area contributed by atoms with E-state index >= 15 is 0 Å². The minimum absolute atomic E-state index is 0.0382. The maximum atomic E-state index is 11.1. The Morgan fingerprint density at radius 1 is 1.38 bits per heavy atom. The van der Waals surface area contributed by atoms with Crippen LogP contribution in [0.4, 0.5) is 0 Å². The molecule has 0 saturated heterocycles. The van der Waals surface area contributed by atoms with Gasteiger partial charge in [0.1, 0.15) is 6.54 Å². The van der Waals surface area contributed by atoms with Gasteiger partial charge in [0.15, 0.2) is 0 Å². The number of nitrogens with zero attached hydrogens (tertiary/aromatic N) is 1. The number of nitrogens with one attached hydrogen (secondary N) is 2. The van der Waals surface area contributed by atoms with Crippen LogP contribution in [-0.2, 0) is 19.2 Å². The summed E-state index contributed by atoms with van der Waals surface area (Å²) in [6.07, 6.45) is 0.161. The van der Waals surface area contributed by atoms with Crippen LogP contribution in [0.25, 0.3) is 0 Å². The predicted molar refractivity (Wildman–Crippen MR) is 51.8 cm³/mol. The lowest BCUT2D eigenvalue weighted by Crippen LogP contribution is -2.44. The molecule has 0 heterocycles. The Kier molecular flexibility index (Phi) is 6.25. The number of amides is 3. The molecule has 0 rings (SSSR count). The van der Waals surface area contributed by atoms with Gasteiger partial charge in [0.25, 0.3) is 0 Å². The standard InChI is InChI=1S/C8H13N3O5/c1-6(13)9-3-2-7(14)10-11(5-12)4-8(15)16/h5H,2-4H2,1H3,(H,9,13)(H,10,14)(H,15,16). The molecule has 0 aliphatic rings. The van der Waals surface area contributed by atoms with Gasteiger partial charge in [-0.25, -0.2) is 5.01 Å². The summed E-state index contributed by atoms with van der Waals surface area (Å²) in [5.41, 5.74) is 2.07. The second-order valence-corrected chi connectivity index (χ2v) is 2.89. The van der Waals surface area contributed by atoms with Crippen molar-refractivity contribution in [1.29, 1.82) is 0 Å². The van der Waals surface area contributed by atoms with Gasteiger partial charge < -0.3 is 10.4 Å². The van der Waals surface area contributed by atoms with Crippen LogP contribution in [0.2, 0.25) is 0 Å². The first-order valence-electron chi connectivity index (χ1n) is 4.43. The number of carbonyl (C=O) groups excluding carboxylic acids is 3. The second-order valence-electron chi connectivity index (χ2n) is 2.89. The SMILES string of the molecule is CC(=O)NCCC(=O)NN(C=O)CC(=O)O. The quantitative estimate of drug-likeness (QED) is 0.349. The largest absolute Gasteiger partial charge is 0.480 e. The molecule has 8 nitrogen and oxygen atoms in total. The van der Waals surface area contributed by atoms with E-state index in [1.165, 1.54) is 6.92 Å². The van der Waals surface area contributed by atoms with Crippen molar-refractivity contribution < 1.29 is 24.3 Å². The minimum Gasteiger partial charge on any atom is -0.480 e. The van der Waals surface area contributed by atoms with Crippen molar-refractivity contribution in [3.05, 3.63) is 0 Å². The van der Waals surface area contributed by atoms with Crippen LogP contribution >= 0.6 is 0 Å². The lowest BCUT2D eigenvalue weighted by molar-refractivity contribution is -0.144. The van der Waals surface area contributed by atoms with Crippen LogP contribution in [0.5, 0.6) is 0 Å². The van der Waals surface area contributed by atoms with E-state index < -0.39 is 18.4 Å². The van der Waals surface area contributed by atoms with Gasteiger partial charge >= 0.3 is 5.97 Å². The van der Waals surface area contributed by atoms with E-state index in [4.69, 9.17) is 5.11 Å². The van der Waals surface area contributed by atoms with Gasteiger partial charge in [-0.3, -0.25) is 24.6 Å². The van der Waals surface area contributed by atoms with Crippen molar-refractivity contribution in [3.8, 4) is 0 Å². The molecular formula is C8H13N3O5. The normalized spacial score (nSPS) is 9.06. The fraction of sp³-hybridized carbons (Fsp3) is 0.500. The third-order valence-electron chi connectivity index (χ3n) is 1.43. The zero-order valence-electron chi connectivity index (χ0n) is 8.73. The van der Waals surface area contributed by atoms with Gasteiger partial charge in [-0.1, -0.05) is 0 Å². The third kappa shape index (κ3) is 7.30. The van der Waals surface area contributed by atoms with Gasteiger partial charge in [-0.15, -0.1) is 0 Å². The van der Waals surface area contributed by atoms with Crippen molar-refractivity contribution >= 4 is 24.2 Å². The summed E-state index contributed by atoms with van der Waals surface area (Å²) in [7, 11) is 0. The van der Waals surface area contributed by atoms with Gasteiger partial charge in [-0.05, 0) is 0 Å². The minimum atomic E-state index is -1.24. The molecule has 3 N–H and O–H groups in total. The summed E-state index contributed by atoms with van der Waals surface area (Å²) in [5.74, 6) is -2.07. The molecule has 0 aromatic carbocycles. The lowest BCUT2D eigenvalue weighted by Gasteiger charge is -2.15. The molecule has 0 aromatic rings. The highest BCUT2D eigenvalue weighted by atomic mass is 16.4. The number of aliphatic carboxylic acids is 1. The Morgan fingerprint density at radius 3 is 2.44 bits per heavy atom. The van der Waals surface area contributed by atoms with Crippen molar-refractivity contribution in [1.82, 2.24) is 15.8 Å². The maximum Gasteiger partial charge on any atom is 0.325 e. The van der Waals surface area contributed by atoms with Crippen LogP contribution in [0.1, 0.15) is 13.3 Å². The lowest BCUT2D eigenvalue weighted by atomic mass is 10.4. The number of hydrogen-bond donors (Lipinski definition) is 3. The zero-order chi connectivity index (χ0) is 12.6. The number of hydrogen-bond acceptors (Lipinski definition) is 4. The Morgan fingerprint density at radius 2 is 2.00 bits per heavy atom. The first-order chi connectivity index (χ1) is 7.45. The molecular weight excluding hydrogens is 218 g/mol. The Bertz CT molecular complexity index is 291. The van der Waals surface area contributed by atoms with E-state index in [-0.39, 0.29) is 25.3 Å². The average molecular weight is 231 g/mol. The molecule has 16 heavy (non-hydrogen) atoms. The molecule has 0 atom stereocenters. The topological polar surface area (TPSA) is 116 Å². The highest BCUT2D eigenvalue weighted by molar-refractivity contribution is 5.79. The van der Waals surface area contributed by atoms with Crippen LogP contribution in [0, 0.1) is 0 Å². The van der Waals surface area contributed by atoms with Crippen LogP contribution < -0.4 is 10.7 Å². The van der Waals surface area contributed by atoms with Crippen LogP contribution in [0.3, 0.4) is 0 Å². The maximum absolute atomic E-state index is 11.1. The highest BCUT2D eigenvalue weighted by Gasteiger charge is 2.10. The van der Waals surface area contributed by atoms with Gasteiger partial charge in [0.05, 0.1) is 0 Å². The molecule has 0 unspecified atom stereocenters. The Labute approximate surface area is 91.6 Å². The predicted octanol–water partition coefficient (Wildman–Crippen LogP) is -1.91. The van der Waals surface area contributed by atoms with Gasteiger partial charge in [0, 0.05) is 19.9 Å². The third-order valence-corrected chi connectivity index (χ3v) is 1.43. The molecule has 0 radical (unpaired) electrons. The van der Waals surface area contributed by atoms with E-state index in [0.717, 1.165) is 0 Å². The molecule has 0 spiro atoms. The molecule has 0 bridgehead atoms. The summed E-state index contributed by atoms with van der Waals surface area (Å²) in [6.45, 7) is 0.816. The van der Waals surface area contributed by atoms with Gasteiger partial charge in [0.2, 0.25) is 18.2 Å². The first kappa shape index (κ1) is 13.9. The molecule has 0 aliphatic heterocycles. The molecule has 0 fully saturated rings. The summed E-state index contributed by atoms with van der Waals surface area (Å²) < 4.78 is 0. The summed E-state index contributed by atoms with van der Waals surface area (Å²) in [4.78, 5) is 42.2. The molecule has 3 amide bonds. The van der Waals surface area contributed by atoms with E-state index in [2.05, 4.69) is 10.7 Å². The number of rotatable bonds is 7. The second kappa shape index (κ2) is 7.21. The number of carbonyl (C=O) groups is 4. The highest BCUT2D eigenvalue weighted by Crippen LogP contribution is 1.82. The van der Waals surface area contributed by atoms with Crippen molar-refractivity contribution in [2.24, 2.45) is 0 Å². The number of carboxylic acids is 1. The molecule has 0 saturated carbocycles. The van der Waals surface area contributed by atoms with Crippen LogP contribution in [-0.4, -0.2) is 47.4 Å². The monoisotopic (exact) mass is 231 g/mol. The smallest absolute Gasteiger partial charge is 0.325 e. The van der Waals surface area contributed by atoms with E-state index in [9.17, 15) is 19.2 Å². The average Bonchev–Trinajstić information content (AvgIpc) is 2.15. The van der Waals surface area contributed by atoms with Crippen LogP contribution in [0.15, 0.2) is 0 Å². The first-order valence-corrected chi connectivity index (χ1v) is 4.43. The van der Waals surface area contributed by atoms with Gasteiger partial charge in [-0.2, -0.15) is 0 Å². The summed E-state index contributed by atoms with van der Waals surface area (Å²) in [6, 6.07) is 0. The van der Waals surface area contributed by atoms with Crippen molar-refractivity contribution in [3.63, 3.8) is 0 Å². The number of carboxylic acid groups (broad SMARTS) is 1. The molecule has 0 aromatic heterocycles. The number of hydrazine groups is 1. The van der Waals surface area contributed by atoms with E-state index in [1.807, 2.05) is 0 Å². The molecule has 90 valence electrons. The fourth-order valence-corrected chi connectivity index (χ4v) is 0.817. The summed E-state index contributed by atoms with van der Waals surface area (Å²) >= 11 is 0. The van der Waals surface area contributed by atoms with E-state index in [1.54, 1.807) is 0 Å². The fourth-order valence-electron chi connectivity index (χ4n) is 0.817.